The molecule has 0 aromatic heterocycles. The molecule has 0 heterocycles. The molecule has 162 valence electrons. The normalized spacial score (nSPS) is 15.9. The predicted molar refractivity (Wildman–Crippen MR) is 141 cm³/mol. The van der Waals surface area contributed by atoms with Gasteiger partial charge in [-0.1, -0.05) is 140 Å². The summed E-state index contributed by atoms with van der Waals surface area (Å²) in [4.78, 5) is 0. The van der Waals surface area contributed by atoms with Crippen LogP contribution in [0.1, 0.15) is 0 Å². The molecule has 4 aromatic carbocycles. The van der Waals surface area contributed by atoms with E-state index >= 15 is 9.13 Å². The zero-order chi connectivity index (χ0) is 22.7. The van der Waals surface area contributed by atoms with Gasteiger partial charge in [0.2, 0.25) is 0 Å². The lowest BCUT2D eigenvalue weighted by atomic mass is 10.4. The lowest BCUT2D eigenvalue weighted by Crippen LogP contribution is -2.28. The number of benzene rings is 4. The highest BCUT2D eigenvalue weighted by Crippen LogP contribution is 2.64. The van der Waals surface area contributed by atoms with Crippen LogP contribution in [-0.2, 0) is 9.13 Å². The monoisotopic (exact) mass is 466 g/mol. The SMILES string of the molecule is O=P(C1=CC=CC1P(=O)(c1ccccc1)c1ccccc1)(c1ccccc1)c1ccccc1. The molecule has 0 spiro atoms. The van der Waals surface area contributed by atoms with Crippen molar-refractivity contribution >= 4 is 35.5 Å². The Bertz CT molecular complexity index is 1310. The van der Waals surface area contributed by atoms with Crippen LogP contribution in [0.3, 0.4) is 0 Å². The van der Waals surface area contributed by atoms with Crippen molar-refractivity contribution in [3.05, 3.63) is 145 Å². The molecule has 0 aliphatic heterocycles. The van der Waals surface area contributed by atoms with Crippen molar-refractivity contribution < 1.29 is 9.13 Å². The number of hydrogen-bond acceptors (Lipinski definition) is 2. The molecule has 0 amide bonds. The summed E-state index contributed by atoms with van der Waals surface area (Å²) >= 11 is 0. The molecule has 1 aliphatic rings. The smallest absolute Gasteiger partial charge is 0.168 e. The first-order chi connectivity index (χ1) is 16.1. The third-order valence-electron chi connectivity index (χ3n) is 6.14. The van der Waals surface area contributed by atoms with Crippen LogP contribution in [0.15, 0.2) is 145 Å². The third kappa shape index (κ3) is 3.70. The second-order valence-corrected chi connectivity index (χ2v) is 13.7. The van der Waals surface area contributed by atoms with Crippen molar-refractivity contribution in [3.8, 4) is 0 Å². The van der Waals surface area contributed by atoms with Crippen molar-refractivity contribution in [1.82, 2.24) is 0 Å². The summed E-state index contributed by atoms with van der Waals surface area (Å²) < 4.78 is 30.2. The summed E-state index contributed by atoms with van der Waals surface area (Å²) in [6.07, 6.45) is 5.80. The molecule has 0 saturated carbocycles. The van der Waals surface area contributed by atoms with Crippen LogP contribution in [0.5, 0.6) is 0 Å². The van der Waals surface area contributed by atoms with Gasteiger partial charge in [0.25, 0.3) is 0 Å². The molecule has 0 fully saturated rings. The summed E-state index contributed by atoms with van der Waals surface area (Å²) in [7, 11) is -6.43. The zero-order valence-electron chi connectivity index (χ0n) is 18.1. The molecule has 0 radical (unpaired) electrons. The molecule has 1 atom stereocenters. The molecule has 0 saturated heterocycles. The van der Waals surface area contributed by atoms with Crippen LogP contribution in [0, 0.1) is 0 Å². The van der Waals surface area contributed by atoms with E-state index in [4.69, 9.17) is 0 Å². The second-order valence-electron chi connectivity index (χ2n) is 8.03. The maximum absolute atomic E-state index is 15.1. The highest BCUT2D eigenvalue weighted by Gasteiger charge is 2.46. The first-order valence-corrected chi connectivity index (χ1v) is 14.4. The largest absolute Gasteiger partial charge is 0.313 e. The molecule has 1 aliphatic carbocycles. The minimum absolute atomic E-state index is 0.492. The van der Waals surface area contributed by atoms with Crippen molar-refractivity contribution in [1.29, 1.82) is 0 Å². The molecule has 1 unspecified atom stereocenters. The Hall–Kier alpha value is -3.18. The van der Waals surface area contributed by atoms with E-state index in [1.165, 1.54) is 0 Å². The highest BCUT2D eigenvalue weighted by molar-refractivity contribution is 7.85. The molecule has 4 heteroatoms. The first kappa shape index (κ1) is 21.7. The second kappa shape index (κ2) is 8.99. The van der Waals surface area contributed by atoms with E-state index in [0.717, 1.165) is 26.5 Å². The summed E-state index contributed by atoms with van der Waals surface area (Å²) in [5.41, 5.74) is -0.492. The average Bonchev–Trinajstić information content (AvgIpc) is 3.41. The van der Waals surface area contributed by atoms with Gasteiger partial charge in [-0.15, -0.1) is 0 Å². The maximum atomic E-state index is 15.1. The summed E-state index contributed by atoms with van der Waals surface area (Å²) in [6.45, 7) is 0. The predicted octanol–water partition coefficient (Wildman–Crippen LogP) is 5.84. The van der Waals surface area contributed by atoms with Crippen LogP contribution in [0.4, 0.5) is 0 Å². The third-order valence-corrected chi connectivity index (χ3v) is 12.9. The topological polar surface area (TPSA) is 34.1 Å². The van der Waals surface area contributed by atoms with Crippen LogP contribution in [0.2, 0.25) is 0 Å². The zero-order valence-corrected chi connectivity index (χ0v) is 19.9. The van der Waals surface area contributed by atoms with Gasteiger partial charge in [-0.25, -0.2) is 0 Å². The number of rotatable bonds is 6. The molecule has 0 bridgehead atoms. The Morgan fingerprint density at radius 3 is 1.24 bits per heavy atom. The molecular formula is C29H24O2P2. The average molecular weight is 466 g/mol. The van der Waals surface area contributed by atoms with E-state index in [1.807, 2.05) is 140 Å². The van der Waals surface area contributed by atoms with Crippen LogP contribution >= 0.6 is 14.3 Å². The Balaban J connectivity index is 1.75. The quantitative estimate of drug-likeness (QED) is 0.335. The number of hydrogen-bond donors (Lipinski definition) is 0. The van der Waals surface area contributed by atoms with E-state index in [1.54, 1.807) is 0 Å². The Labute approximate surface area is 195 Å². The van der Waals surface area contributed by atoms with E-state index in [-0.39, 0.29) is 0 Å². The van der Waals surface area contributed by atoms with Crippen molar-refractivity contribution in [2.75, 3.05) is 0 Å². The van der Waals surface area contributed by atoms with Crippen molar-refractivity contribution in [3.63, 3.8) is 0 Å². The Morgan fingerprint density at radius 2 is 0.848 bits per heavy atom. The first-order valence-electron chi connectivity index (χ1n) is 11.0. The van der Waals surface area contributed by atoms with Crippen LogP contribution in [-0.4, -0.2) is 5.66 Å². The van der Waals surface area contributed by atoms with Crippen LogP contribution < -0.4 is 21.2 Å². The van der Waals surface area contributed by atoms with Crippen molar-refractivity contribution in [2.24, 2.45) is 0 Å². The van der Waals surface area contributed by atoms with E-state index in [2.05, 4.69) is 0 Å². The fourth-order valence-corrected chi connectivity index (χ4v) is 11.3. The summed E-state index contributed by atoms with van der Waals surface area (Å²) in [5.74, 6) is 0. The fourth-order valence-electron chi connectivity index (χ4n) is 4.55. The molecule has 5 rings (SSSR count). The van der Waals surface area contributed by atoms with Gasteiger partial charge in [0.05, 0.1) is 5.66 Å². The Kier molecular flexibility index (Phi) is 5.90. The molecular weight excluding hydrogens is 442 g/mol. The lowest BCUT2D eigenvalue weighted by molar-refractivity contribution is 0.582. The van der Waals surface area contributed by atoms with E-state index < -0.39 is 19.9 Å². The van der Waals surface area contributed by atoms with Crippen molar-refractivity contribution in [2.45, 2.75) is 5.66 Å². The van der Waals surface area contributed by atoms with Gasteiger partial charge in [-0.2, -0.15) is 0 Å². The van der Waals surface area contributed by atoms with Gasteiger partial charge in [0, 0.05) is 26.5 Å². The standard InChI is InChI=1S/C29H24O2P2/c30-32(24-14-5-1-6-15-24,25-16-7-2-8-17-25)28-22-13-23-29(28)33(31,26-18-9-3-10-19-26)27-20-11-4-12-21-27/h1-23,28H. The van der Waals surface area contributed by atoms with Gasteiger partial charge in [-0.3, -0.25) is 0 Å². The maximum Gasteiger partial charge on any atom is 0.168 e. The lowest BCUT2D eigenvalue weighted by Gasteiger charge is -2.31. The number of allylic oxidation sites excluding steroid dienone is 4. The molecule has 4 aromatic rings. The van der Waals surface area contributed by atoms with Gasteiger partial charge in [0.1, 0.15) is 0 Å². The minimum atomic E-state index is -3.24. The molecule has 0 N–H and O–H groups in total. The van der Waals surface area contributed by atoms with E-state index in [9.17, 15) is 0 Å². The Morgan fingerprint density at radius 1 is 0.485 bits per heavy atom. The summed E-state index contributed by atoms with van der Waals surface area (Å²) in [6, 6.07) is 38.4. The van der Waals surface area contributed by atoms with Crippen LogP contribution in [0.25, 0.3) is 0 Å². The molecule has 2 nitrogen and oxygen atoms in total. The van der Waals surface area contributed by atoms with Gasteiger partial charge >= 0.3 is 0 Å². The van der Waals surface area contributed by atoms with Gasteiger partial charge in [0.15, 0.2) is 14.3 Å². The highest BCUT2D eigenvalue weighted by atomic mass is 31.2. The van der Waals surface area contributed by atoms with Gasteiger partial charge < -0.3 is 9.13 Å². The van der Waals surface area contributed by atoms with Gasteiger partial charge in [-0.05, 0) is 0 Å². The minimum Gasteiger partial charge on any atom is -0.313 e. The molecule has 33 heavy (non-hydrogen) atoms. The fraction of sp³-hybridized carbons (Fsp3) is 0.0345. The van der Waals surface area contributed by atoms with E-state index in [0.29, 0.717) is 0 Å². The summed E-state index contributed by atoms with van der Waals surface area (Å²) in [5, 5.41) is 3.77.